The third-order valence-corrected chi connectivity index (χ3v) is 6.47. The number of fused-ring (bicyclic) bond motifs is 2. The molecule has 0 aromatic carbocycles. The van der Waals surface area contributed by atoms with Gasteiger partial charge in [0.05, 0.1) is 0 Å². The first-order valence-corrected chi connectivity index (χ1v) is 9.19. The minimum Gasteiger partial charge on any atom is -0.313 e. The molecule has 0 radical (unpaired) electrons. The fraction of sp³-hybridized carbons (Fsp3) is 1.00. The van der Waals surface area contributed by atoms with Gasteiger partial charge in [0.15, 0.2) is 0 Å². The topological polar surface area (TPSA) is 18.5 Å². The van der Waals surface area contributed by atoms with Crippen LogP contribution in [0.25, 0.3) is 0 Å². The lowest BCUT2D eigenvalue weighted by Crippen LogP contribution is -2.56. The first-order valence-electron chi connectivity index (χ1n) is 9.19. The molecule has 2 saturated heterocycles. The number of hydrogen-bond acceptors (Lipinski definition) is 3. The molecule has 2 aliphatic heterocycles. The molecule has 3 fully saturated rings. The fourth-order valence-corrected chi connectivity index (χ4v) is 5.07. The van der Waals surface area contributed by atoms with Gasteiger partial charge in [-0.25, -0.2) is 0 Å². The van der Waals surface area contributed by atoms with Crippen molar-refractivity contribution in [1.29, 1.82) is 0 Å². The lowest BCUT2D eigenvalue weighted by atomic mass is 9.72. The average molecular weight is 293 g/mol. The quantitative estimate of drug-likeness (QED) is 0.863. The number of rotatable bonds is 3. The number of hydrogen-bond donors (Lipinski definition) is 1. The molecule has 21 heavy (non-hydrogen) atoms. The molecular weight excluding hydrogens is 258 g/mol. The highest BCUT2D eigenvalue weighted by molar-refractivity contribution is 4.99. The van der Waals surface area contributed by atoms with Crippen LogP contribution in [0.2, 0.25) is 0 Å². The number of nitrogens with zero attached hydrogens (tertiary/aromatic N) is 2. The van der Waals surface area contributed by atoms with E-state index >= 15 is 0 Å². The maximum atomic E-state index is 3.79. The van der Waals surface area contributed by atoms with Crippen molar-refractivity contribution in [3.8, 4) is 0 Å². The molecule has 0 spiro atoms. The Labute approximate surface area is 131 Å². The van der Waals surface area contributed by atoms with E-state index in [0.29, 0.717) is 11.5 Å². The highest BCUT2D eigenvalue weighted by Gasteiger charge is 2.41. The van der Waals surface area contributed by atoms with E-state index in [4.69, 9.17) is 0 Å². The lowest BCUT2D eigenvalue weighted by Gasteiger charge is -2.47. The van der Waals surface area contributed by atoms with Crippen molar-refractivity contribution < 1.29 is 0 Å². The molecule has 4 atom stereocenters. The maximum absolute atomic E-state index is 3.79. The molecule has 2 bridgehead atoms. The first kappa shape index (κ1) is 15.8. The smallest absolute Gasteiger partial charge is 0.0255 e. The van der Waals surface area contributed by atoms with Gasteiger partial charge in [-0.05, 0) is 57.5 Å². The summed E-state index contributed by atoms with van der Waals surface area (Å²) in [5.41, 5.74) is 0.522. The normalized spacial score (nSPS) is 41.1. The molecule has 0 amide bonds. The summed E-state index contributed by atoms with van der Waals surface area (Å²) in [6, 6.07) is 3.13. The van der Waals surface area contributed by atoms with Crippen molar-refractivity contribution in [3.63, 3.8) is 0 Å². The SMILES string of the molecule is CCNC1CCC(C)(C)CC1N1CCC2CCC(C1)N2C. The van der Waals surface area contributed by atoms with Crippen LogP contribution in [0.1, 0.15) is 59.3 Å². The Hall–Kier alpha value is -0.120. The van der Waals surface area contributed by atoms with E-state index < -0.39 is 0 Å². The van der Waals surface area contributed by atoms with Gasteiger partial charge in [-0.2, -0.15) is 0 Å². The van der Waals surface area contributed by atoms with Gasteiger partial charge < -0.3 is 5.32 Å². The summed E-state index contributed by atoms with van der Waals surface area (Å²) in [6.07, 6.45) is 8.32. The Morgan fingerprint density at radius 2 is 1.86 bits per heavy atom. The minimum absolute atomic E-state index is 0.522. The van der Waals surface area contributed by atoms with Crippen molar-refractivity contribution in [2.24, 2.45) is 5.41 Å². The number of nitrogens with one attached hydrogen (secondary N) is 1. The molecular formula is C18H35N3. The number of likely N-dealkylation sites (N-methyl/N-ethyl adjacent to an activating group) is 2. The molecule has 2 heterocycles. The van der Waals surface area contributed by atoms with Crippen LogP contribution in [-0.2, 0) is 0 Å². The molecule has 3 aliphatic rings. The molecule has 1 N–H and O–H groups in total. The highest BCUT2D eigenvalue weighted by Crippen LogP contribution is 2.39. The monoisotopic (exact) mass is 293 g/mol. The van der Waals surface area contributed by atoms with E-state index in [1.165, 1.54) is 51.6 Å². The Kier molecular flexibility index (Phi) is 4.63. The van der Waals surface area contributed by atoms with Crippen LogP contribution in [-0.4, -0.2) is 60.6 Å². The van der Waals surface area contributed by atoms with Gasteiger partial charge in [0.2, 0.25) is 0 Å². The van der Waals surface area contributed by atoms with Crippen molar-refractivity contribution in [3.05, 3.63) is 0 Å². The summed E-state index contributed by atoms with van der Waals surface area (Å²) in [4.78, 5) is 5.53. The molecule has 1 aliphatic carbocycles. The molecule has 1 saturated carbocycles. The van der Waals surface area contributed by atoms with Gasteiger partial charge in [-0.1, -0.05) is 20.8 Å². The van der Waals surface area contributed by atoms with Gasteiger partial charge in [-0.3, -0.25) is 9.80 Å². The van der Waals surface area contributed by atoms with Crippen LogP contribution in [0.5, 0.6) is 0 Å². The molecule has 4 unspecified atom stereocenters. The Bertz CT molecular complexity index is 354. The van der Waals surface area contributed by atoms with Crippen molar-refractivity contribution >= 4 is 0 Å². The van der Waals surface area contributed by atoms with E-state index in [0.717, 1.165) is 24.7 Å². The summed E-state index contributed by atoms with van der Waals surface area (Å²) in [5.74, 6) is 0. The van der Waals surface area contributed by atoms with Crippen molar-refractivity contribution in [2.75, 3.05) is 26.7 Å². The summed E-state index contributed by atoms with van der Waals surface area (Å²) < 4.78 is 0. The standard InChI is InChI=1S/C18H35N3/c1-5-19-16-8-10-18(2,3)12-17(16)21-11-9-14-6-7-15(13-21)20(14)4/h14-17,19H,5-13H2,1-4H3. The van der Waals surface area contributed by atoms with E-state index in [9.17, 15) is 0 Å². The first-order chi connectivity index (χ1) is 10.00. The van der Waals surface area contributed by atoms with Crippen LogP contribution in [0, 0.1) is 5.41 Å². The van der Waals surface area contributed by atoms with Crippen LogP contribution in [0.4, 0.5) is 0 Å². The van der Waals surface area contributed by atoms with E-state index in [1.54, 1.807) is 0 Å². The minimum atomic E-state index is 0.522. The summed E-state index contributed by atoms with van der Waals surface area (Å²) in [5, 5.41) is 3.79. The van der Waals surface area contributed by atoms with Crippen molar-refractivity contribution in [1.82, 2.24) is 15.1 Å². The molecule has 3 rings (SSSR count). The Balaban J connectivity index is 1.72. The van der Waals surface area contributed by atoms with Gasteiger partial charge in [0.1, 0.15) is 0 Å². The summed E-state index contributed by atoms with van der Waals surface area (Å²) in [7, 11) is 2.36. The van der Waals surface area contributed by atoms with E-state index in [-0.39, 0.29) is 0 Å². The molecule has 3 heteroatoms. The molecule has 0 aromatic heterocycles. The Morgan fingerprint density at radius 1 is 1.10 bits per heavy atom. The maximum Gasteiger partial charge on any atom is 0.0255 e. The molecule has 0 aromatic rings. The van der Waals surface area contributed by atoms with Crippen molar-refractivity contribution in [2.45, 2.75) is 83.5 Å². The highest BCUT2D eigenvalue weighted by atomic mass is 15.3. The van der Waals surface area contributed by atoms with Gasteiger partial charge in [0, 0.05) is 37.3 Å². The van der Waals surface area contributed by atoms with Crippen LogP contribution in [0.3, 0.4) is 0 Å². The molecule has 122 valence electrons. The summed E-state index contributed by atoms with van der Waals surface area (Å²) >= 11 is 0. The fourth-order valence-electron chi connectivity index (χ4n) is 5.07. The van der Waals surface area contributed by atoms with Crippen LogP contribution in [0.15, 0.2) is 0 Å². The lowest BCUT2D eigenvalue weighted by molar-refractivity contribution is 0.0592. The average Bonchev–Trinajstić information content (AvgIpc) is 2.66. The third-order valence-electron chi connectivity index (χ3n) is 6.47. The second-order valence-corrected chi connectivity index (χ2v) is 8.47. The molecule has 3 nitrogen and oxygen atoms in total. The third kappa shape index (κ3) is 3.30. The summed E-state index contributed by atoms with van der Waals surface area (Å²) in [6.45, 7) is 10.9. The predicted octanol–water partition coefficient (Wildman–Crippen LogP) is 2.71. The van der Waals surface area contributed by atoms with E-state index in [2.05, 4.69) is 42.9 Å². The van der Waals surface area contributed by atoms with Crippen LogP contribution < -0.4 is 5.32 Å². The second-order valence-electron chi connectivity index (χ2n) is 8.47. The Morgan fingerprint density at radius 3 is 2.62 bits per heavy atom. The second kappa shape index (κ2) is 6.17. The zero-order valence-corrected chi connectivity index (χ0v) is 14.6. The van der Waals surface area contributed by atoms with Gasteiger partial charge in [0.25, 0.3) is 0 Å². The predicted molar refractivity (Wildman–Crippen MR) is 89.6 cm³/mol. The van der Waals surface area contributed by atoms with Crippen LogP contribution >= 0.6 is 0 Å². The number of likely N-dealkylation sites (tertiary alicyclic amines) is 1. The largest absolute Gasteiger partial charge is 0.313 e. The van der Waals surface area contributed by atoms with E-state index in [1.807, 2.05) is 0 Å². The zero-order valence-electron chi connectivity index (χ0n) is 14.6. The van der Waals surface area contributed by atoms with Gasteiger partial charge in [-0.15, -0.1) is 0 Å². The zero-order chi connectivity index (χ0) is 15.0. The van der Waals surface area contributed by atoms with Gasteiger partial charge >= 0.3 is 0 Å².